The van der Waals surface area contributed by atoms with Gasteiger partial charge in [0.15, 0.2) is 0 Å². The topological polar surface area (TPSA) is 0 Å². The van der Waals surface area contributed by atoms with Gasteiger partial charge in [-0.15, -0.1) is 0 Å². The highest BCUT2D eigenvalue weighted by molar-refractivity contribution is 5.45. The molecule has 0 aromatic heterocycles. The van der Waals surface area contributed by atoms with Crippen LogP contribution in [0.15, 0.2) is 60.2 Å². The van der Waals surface area contributed by atoms with Crippen LogP contribution in [0.25, 0.3) is 6.08 Å². The maximum absolute atomic E-state index is 3.63. The largest absolute Gasteiger partial charge is 0.0985 e. The predicted molar refractivity (Wildman–Crippen MR) is 75.7 cm³/mol. The third kappa shape index (κ3) is 2.97. The molecule has 0 radical (unpaired) electrons. The van der Waals surface area contributed by atoms with Crippen LogP contribution in [0.2, 0.25) is 0 Å². The van der Waals surface area contributed by atoms with Crippen LogP contribution in [0, 0.1) is 5.92 Å². The predicted octanol–water partition coefficient (Wildman–Crippen LogP) is 5.00. The molecule has 0 saturated heterocycles. The Hall–Kier alpha value is -1.56. The molecule has 1 saturated carbocycles. The molecule has 0 N–H and O–H groups in total. The molecular formula is C17H20. The summed E-state index contributed by atoms with van der Waals surface area (Å²) >= 11 is 0. The van der Waals surface area contributed by atoms with E-state index in [1.54, 1.807) is 11.1 Å². The first-order chi connectivity index (χ1) is 8.33. The molecule has 0 heteroatoms. The minimum atomic E-state index is 0.921. The number of allylic oxidation sites excluding steroid dienone is 4. The van der Waals surface area contributed by atoms with Crippen molar-refractivity contribution in [2.75, 3.05) is 0 Å². The van der Waals surface area contributed by atoms with Gasteiger partial charge in [0.1, 0.15) is 0 Å². The summed E-state index contributed by atoms with van der Waals surface area (Å²) in [4.78, 5) is 0. The number of hydrogen-bond donors (Lipinski definition) is 0. The molecule has 88 valence electrons. The molecule has 0 amide bonds. The lowest BCUT2D eigenvalue weighted by molar-refractivity contribution is 0.671. The van der Waals surface area contributed by atoms with E-state index in [1.165, 1.54) is 24.8 Å². The van der Waals surface area contributed by atoms with Crippen molar-refractivity contribution in [1.82, 2.24) is 0 Å². The molecule has 1 unspecified atom stereocenters. The summed E-state index contributed by atoms with van der Waals surface area (Å²) in [6.07, 6.45) is 10.7. The highest BCUT2D eigenvalue weighted by Gasteiger charge is 2.27. The van der Waals surface area contributed by atoms with Crippen molar-refractivity contribution in [3.63, 3.8) is 0 Å². The van der Waals surface area contributed by atoms with E-state index in [1.807, 2.05) is 36.4 Å². The van der Waals surface area contributed by atoms with Crippen LogP contribution in [0.4, 0.5) is 0 Å². The number of fused-ring (bicyclic) bond motifs is 2. The molecule has 1 aromatic rings. The van der Waals surface area contributed by atoms with E-state index in [0.717, 1.165) is 5.92 Å². The maximum Gasteiger partial charge on any atom is -0.0125 e. The third-order valence-electron chi connectivity index (χ3n) is 3.53. The second-order valence-corrected chi connectivity index (χ2v) is 4.65. The van der Waals surface area contributed by atoms with Gasteiger partial charge < -0.3 is 0 Å². The van der Waals surface area contributed by atoms with E-state index in [-0.39, 0.29) is 0 Å². The Morgan fingerprint density at radius 2 is 2.00 bits per heavy atom. The van der Waals surface area contributed by atoms with E-state index < -0.39 is 0 Å². The van der Waals surface area contributed by atoms with Gasteiger partial charge in [-0.3, -0.25) is 0 Å². The summed E-state index contributed by atoms with van der Waals surface area (Å²) in [7, 11) is 0. The van der Waals surface area contributed by atoms with Crippen LogP contribution in [0.5, 0.6) is 0 Å². The number of rotatable bonds is 1. The minimum absolute atomic E-state index is 0.921. The van der Waals surface area contributed by atoms with Crippen molar-refractivity contribution in [2.45, 2.75) is 26.2 Å². The number of hydrogen-bond acceptors (Lipinski definition) is 0. The van der Waals surface area contributed by atoms with E-state index in [9.17, 15) is 0 Å². The second kappa shape index (κ2) is 5.67. The van der Waals surface area contributed by atoms with Gasteiger partial charge >= 0.3 is 0 Å². The first-order valence-electron chi connectivity index (χ1n) is 6.36. The Kier molecular flexibility index (Phi) is 3.98. The average Bonchev–Trinajstić information content (AvgIpc) is 3.02. The van der Waals surface area contributed by atoms with E-state index in [0.29, 0.717) is 0 Å². The maximum atomic E-state index is 3.63. The summed E-state index contributed by atoms with van der Waals surface area (Å²) in [5.74, 6) is 0.921. The zero-order valence-corrected chi connectivity index (χ0v) is 10.5. The van der Waals surface area contributed by atoms with Crippen LogP contribution in [0.3, 0.4) is 0 Å². The van der Waals surface area contributed by atoms with Crippen LogP contribution in [-0.4, -0.2) is 0 Å². The van der Waals surface area contributed by atoms with Crippen molar-refractivity contribution in [3.8, 4) is 0 Å². The van der Waals surface area contributed by atoms with Crippen molar-refractivity contribution >= 4 is 6.08 Å². The first-order valence-corrected chi connectivity index (χ1v) is 6.36. The molecular weight excluding hydrogens is 204 g/mol. The molecule has 1 aromatic carbocycles. The van der Waals surface area contributed by atoms with Crippen LogP contribution in [0.1, 0.15) is 31.7 Å². The molecule has 2 aliphatic rings. The highest BCUT2D eigenvalue weighted by Crippen LogP contribution is 2.42. The smallest absolute Gasteiger partial charge is 0.0125 e. The molecule has 2 bridgehead atoms. The lowest BCUT2D eigenvalue weighted by atomic mass is 9.99. The van der Waals surface area contributed by atoms with Crippen LogP contribution in [-0.2, 0) is 0 Å². The van der Waals surface area contributed by atoms with Gasteiger partial charge in [-0.2, -0.15) is 0 Å². The molecule has 0 heterocycles. The summed E-state index contributed by atoms with van der Waals surface area (Å²) in [6, 6.07) is 10.0. The van der Waals surface area contributed by atoms with Crippen molar-refractivity contribution in [3.05, 3.63) is 65.8 Å². The number of benzene rings is 1. The lowest BCUT2D eigenvalue weighted by Gasteiger charge is -2.06. The van der Waals surface area contributed by atoms with Crippen molar-refractivity contribution in [2.24, 2.45) is 5.92 Å². The third-order valence-corrected chi connectivity index (χ3v) is 3.53. The Morgan fingerprint density at radius 3 is 2.35 bits per heavy atom. The monoisotopic (exact) mass is 224 g/mol. The Bertz CT molecular complexity index is 434. The normalized spacial score (nSPS) is 23.0. The Balaban J connectivity index is 0.000000128. The molecule has 0 nitrogen and oxygen atoms in total. The van der Waals surface area contributed by atoms with Crippen molar-refractivity contribution in [1.29, 1.82) is 0 Å². The van der Waals surface area contributed by atoms with E-state index >= 15 is 0 Å². The molecule has 0 aliphatic heterocycles. The quantitative estimate of drug-likeness (QED) is 0.629. The fourth-order valence-electron chi connectivity index (χ4n) is 2.56. The molecule has 0 spiro atoms. The Labute approximate surface area is 104 Å². The minimum Gasteiger partial charge on any atom is -0.0985 e. The summed E-state index contributed by atoms with van der Waals surface area (Å²) in [5, 5.41) is 0. The Morgan fingerprint density at radius 1 is 1.24 bits per heavy atom. The van der Waals surface area contributed by atoms with Gasteiger partial charge in [-0.1, -0.05) is 60.7 Å². The second-order valence-electron chi connectivity index (χ2n) is 4.65. The van der Waals surface area contributed by atoms with E-state index in [2.05, 4.69) is 25.7 Å². The first kappa shape index (κ1) is 11.9. The average molecular weight is 224 g/mol. The summed E-state index contributed by atoms with van der Waals surface area (Å²) < 4.78 is 0. The molecule has 2 aliphatic carbocycles. The van der Waals surface area contributed by atoms with Gasteiger partial charge in [0.05, 0.1) is 0 Å². The van der Waals surface area contributed by atoms with Crippen LogP contribution < -0.4 is 0 Å². The van der Waals surface area contributed by atoms with Crippen molar-refractivity contribution < 1.29 is 0 Å². The highest BCUT2D eigenvalue weighted by atomic mass is 14.3. The summed E-state index contributed by atoms with van der Waals surface area (Å²) in [6.45, 7) is 5.78. The molecule has 1 fully saturated rings. The standard InChI is InChI=1S/C9H12.C8H8/c1-2-8-5-7-3-4-9(8)6-7;1-2-8-6-4-3-5-7-8/h2,5,9H,3-4,6H2,1H3;2-7H,1H2/b8-2+;. The lowest BCUT2D eigenvalue weighted by Crippen LogP contribution is -1.92. The van der Waals surface area contributed by atoms with Gasteiger partial charge in [-0.25, -0.2) is 0 Å². The summed E-state index contributed by atoms with van der Waals surface area (Å²) in [5.41, 5.74) is 4.46. The van der Waals surface area contributed by atoms with Crippen LogP contribution >= 0.6 is 0 Å². The van der Waals surface area contributed by atoms with Gasteiger partial charge in [0, 0.05) is 0 Å². The SMILES string of the molecule is C/C=C1\C=C2CCC1C2.C=Cc1ccccc1. The van der Waals surface area contributed by atoms with E-state index in [4.69, 9.17) is 0 Å². The van der Waals surface area contributed by atoms with Gasteiger partial charge in [0.2, 0.25) is 0 Å². The molecule has 1 atom stereocenters. The van der Waals surface area contributed by atoms with Gasteiger partial charge in [0.25, 0.3) is 0 Å². The fourth-order valence-corrected chi connectivity index (χ4v) is 2.56. The zero-order valence-electron chi connectivity index (χ0n) is 10.5. The van der Waals surface area contributed by atoms with Gasteiger partial charge in [-0.05, 0) is 43.2 Å². The molecule has 3 rings (SSSR count). The zero-order chi connectivity index (χ0) is 12.1. The molecule has 17 heavy (non-hydrogen) atoms. The fraction of sp³-hybridized carbons (Fsp3) is 0.294.